The molecule has 0 N–H and O–H groups in total. The molecule has 0 amide bonds. The number of rotatable bonds is 3. The van der Waals surface area contributed by atoms with Crippen LogP contribution in [0.15, 0.2) is 36.4 Å². The van der Waals surface area contributed by atoms with E-state index in [9.17, 15) is 10.1 Å². The second-order valence-electron chi connectivity index (χ2n) is 4.93. The van der Waals surface area contributed by atoms with Gasteiger partial charge < -0.3 is 4.90 Å². The Hall–Kier alpha value is -2.43. The quantitative estimate of drug-likeness (QED) is 0.490. The summed E-state index contributed by atoms with van der Waals surface area (Å²) in [5.74, 6) is 0. The molecule has 1 heterocycles. The summed E-state index contributed by atoms with van der Waals surface area (Å²) in [6, 6.07) is 11.1. The van der Waals surface area contributed by atoms with E-state index in [-0.39, 0.29) is 10.6 Å². The number of aromatic nitrogens is 1. The third kappa shape index (κ3) is 2.34. The minimum atomic E-state index is -0.325. The van der Waals surface area contributed by atoms with Gasteiger partial charge in [0.15, 0.2) is 0 Å². The molecule has 0 unspecified atom stereocenters. The fourth-order valence-corrected chi connectivity index (χ4v) is 2.34. The average molecular weight is 272 g/mol. The molecule has 20 heavy (non-hydrogen) atoms. The Morgan fingerprint density at radius 3 is 2.30 bits per heavy atom. The zero-order valence-electron chi connectivity index (χ0n) is 12.1. The SMILES string of the molecule is Cc1c(N(C)C)cc([N+](=O)[O-])c(-c2ccccc2)[n+]1C. The van der Waals surface area contributed by atoms with Crippen LogP contribution in [-0.4, -0.2) is 19.0 Å². The number of nitro groups is 1. The Morgan fingerprint density at radius 2 is 1.80 bits per heavy atom. The molecule has 0 fully saturated rings. The van der Waals surface area contributed by atoms with E-state index < -0.39 is 0 Å². The number of nitrogens with zero attached hydrogens (tertiary/aromatic N) is 3. The molecule has 0 spiro atoms. The summed E-state index contributed by atoms with van der Waals surface area (Å²) < 4.78 is 1.88. The molecular formula is C15H18N3O2+. The number of hydrogen-bond acceptors (Lipinski definition) is 3. The number of anilines is 1. The Bertz CT molecular complexity index is 652. The second kappa shape index (κ2) is 5.28. The minimum Gasteiger partial charge on any atom is -0.372 e. The lowest BCUT2D eigenvalue weighted by molar-refractivity contribution is -0.668. The first-order valence-corrected chi connectivity index (χ1v) is 6.34. The van der Waals surface area contributed by atoms with Gasteiger partial charge in [0.25, 0.3) is 5.69 Å². The summed E-state index contributed by atoms with van der Waals surface area (Å²) in [5, 5.41) is 11.4. The van der Waals surface area contributed by atoms with Crippen LogP contribution in [0.1, 0.15) is 5.69 Å². The molecule has 5 nitrogen and oxygen atoms in total. The predicted molar refractivity (Wildman–Crippen MR) is 78.8 cm³/mol. The molecular weight excluding hydrogens is 254 g/mol. The van der Waals surface area contributed by atoms with Crippen molar-refractivity contribution in [2.75, 3.05) is 19.0 Å². The normalized spacial score (nSPS) is 10.4. The van der Waals surface area contributed by atoms with Crippen molar-refractivity contribution < 1.29 is 9.49 Å². The van der Waals surface area contributed by atoms with Crippen molar-refractivity contribution in [3.63, 3.8) is 0 Å². The van der Waals surface area contributed by atoms with Crippen LogP contribution in [0.2, 0.25) is 0 Å². The molecule has 5 heteroatoms. The predicted octanol–water partition coefficient (Wildman–Crippen LogP) is 2.46. The molecule has 1 aromatic heterocycles. The highest BCUT2D eigenvalue weighted by Crippen LogP contribution is 2.31. The molecule has 104 valence electrons. The number of pyridine rings is 1. The molecule has 0 aliphatic carbocycles. The van der Waals surface area contributed by atoms with Crippen LogP contribution in [0.4, 0.5) is 11.4 Å². The Labute approximate surface area is 118 Å². The molecule has 0 saturated carbocycles. The van der Waals surface area contributed by atoms with Crippen LogP contribution in [0, 0.1) is 17.0 Å². The maximum absolute atomic E-state index is 11.4. The number of hydrogen-bond donors (Lipinski definition) is 0. The van der Waals surface area contributed by atoms with Crippen LogP contribution >= 0.6 is 0 Å². The zero-order chi connectivity index (χ0) is 14.9. The Kier molecular flexibility index (Phi) is 3.70. The third-order valence-corrected chi connectivity index (χ3v) is 3.45. The molecule has 2 aromatic rings. The monoisotopic (exact) mass is 272 g/mol. The van der Waals surface area contributed by atoms with Gasteiger partial charge in [0.2, 0.25) is 5.69 Å². The van der Waals surface area contributed by atoms with Gasteiger partial charge in [-0.15, -0.1) is 0 Å². The van der Waals surface area contributed by atoms with Gasteiger partial charge in [-0.25, -0.2) is 0 Å². The Morgan fingerprint density at radius 1 is 1.20 bits per heavy atom. The maximum Gasteiger partial charge on any atom is 0.342 e. The summed E-state index contributed by atoms with van der Waals surface area (Å²) >= 11 is 0. The van der Waals surface area contributed by atoms with Gasteiger partial charge in [0.1, 0.15) is 12.7 Å². The first-order valence-electron chi connectivity index (χ1n) is 6.34. The Balaban J connectivity index is 2.80. The van der Waals surface area contributed by atoms with E-state index in [0.29, 0.717) is 5.69 Å². The fourth-order valence-electron chi connectivity index (χ4n) is 2.34. The average Bonchev–Trinajstić information content (AvgIpc) is 2.41. The molecule has 0 atom stereocenters. The highest BCUT2D eigenvalue weighted by Gasteiger charge is 2.29. The van der Waals surface area contributed by atoms with Gasteiger partial charge in [-0.3, -0.25) is 10.1 Å². The largest absolute Gasteiger partial charge is 0.372 e. The van der Waals surface area contributed by atoms with Crippen LogP contribution in [0.3, 0.4) is 0 Å². The van der Waals surface area contributed by atoms with Gasteiger partial charge in [0, 0.05) is 21.0 Å². The summed E-state index contributed by atoms with van der Waals surface area (Å²) in [7, 11) is 5.63. The van der Waals surface area contributed by atoms with Crippen molar-refractivity contribution in [1.82, 2.24) is 0 Å². The van der Waals surface area contributed by atoms with Gasteiger partial charge >= 0.3 is 5.69 Å². The van der Waals surface area contributed by atoms with Gasteiger partial charge in [-0.2, -0.15) is 4.57 Å². The van der Waals surface area contributed by atoms with E-state index in [4.69, 9.17) is 0 Å². The lowest BCUT2D eigenvalue weighted by Gasteiger charge is -2.14. The van der Waals surface area contributed by atoms with Gasteiger partial charge in [0.05, 0.1) is 16.6 Å². The highest BCUT2D eigenvalue weighted by molar-refractivity contribution is 5.70. The van der Waals surface area contributed by atoms with Crippen LogP contribution in [-0.2, 0) is 7.05 Å². The molecule has 0 bridgehead atoms. The zero-order valence-corrected chi connectivity index (χ0v) is 12.1. The maximum atomic E-state index is 11.4. The first-order chi connectivity index (χ1) is 9.43. The van der Waals surface area contributed by atoms with E-state index in [0.717, 1.165) is 16.9 Å². The molecule has 0 aliphatic heterocycles. The van der Waals surface area contributed by atoms with E-state index in [1.165, 1.54) is 0 Å². The molecule has 0 radical (unpaired) electrons. The van der Waals surface area contributed by atoms with Crippen molar-refractivity contribution in [3.05, 3.63) is 52.2 Å². The summed E-state index contributed by atoms with van der Waals surface area (Å²) in [4.78, 5) is 13.0. The smallest absolute Gasteiger partial charge is 0.342 e. The van der Waals surface area contributed by atoms with Crippen LogP contribution in [0.25, 0.3) is 11.3 Å². The molecule has 2 rings (SSSR count). The summed E-state index contributed by atoms with van der Waals surface area (Å²) in [6.07, 6.45) is 0. The van der Waals surface area contributed by atoms with E-state index >= 15 is 0 Å². The first kappa shape index (κ1) is 14.0. The van der Waals surface area contributed by atoms with E-state index in [1.54, 1.807) is 6.07 Å². The number of benzene rings is 1. The topological polar surface area (TPSA) is 50.3 Å². The summed E-state index contributed by atoms with van der Waals surface area (Å²) in [5.41, 5.74) is 3.42. The van der Waals surface area contributed by atoms with Crippen molar-refractivity contribution in [3.8, 4) is 11.3 Å². The highest BCUT2D eigenvalue weighted by atomic mass is 16.6. The van der Waals surface area contributed by atoms with Gasteiger partial charge in [-0.05, 0) is 12.1 Å². The second-order valence-corrected chi connectivity index (χ2v) is 4.93. The standard InChI is InChI=1S/C15H18N3O2/c1-11-13(16(2)3)10-14(18(19)20)15(17(11)4)12-8-6-5-7-9-12/h5-10H,1-4H3/q+1. The van der Waals surface area contributed by atoms with Crippen molar-refractivity contribution in [2.24, 2.45) is 7.05 Å². The van der Waals surface area contributed by atoms with Crippen molar-refractivity contribution in [2.45, 2.75) is 6.92 Å². The van der Waals surface area contributed by atoms with E-state index in [2.05, 4.69) is 0 Å². The summed E-state index contributed by atoms with van der Waals surface area (Å²) in [6.45, 7) is 1.96. The van der Waals surface area contributed by atoms with E-state index in [1.807, 2.05) is 67.9 Å². The van der Waals surface area contributed by atoms with Crippen LogP contribution in [0.5, 0.6) is 0 Å². The van der Waals surface area contributed by atoms with Gasteiger partial charge in [-0.1, -0.05) is 18.2 Å². The third-order valence-electron chi connectivity index (χ3n) is 3.45. The van der Waals surface area contributed by atoms with Crippen molar-refractivity contribution in [1.29, 1.82) is 0 Å². The molecule has 1 aromatic carbocycles. The minimum absolute atomic E-state index is 0.119. The lowest BCUT2D eigenvalue weighted by atomic mass is 10.1. The molecule has 0 aliphatic rings. The molecule has 0 saturated heterocycles. The lowest BCUT2D eigenvalue weighted by Crippen LogP contribution is -2.37. The van der Waals surface area contributed by atoms with Crippen molar-refractivity contribution >= 4 is 11.4 Å². The fraction of sp³-hybridized carbons (Fsp3) is 0.267. The van der Waals surface area contributed by atoms with Crippen LogP contribution < -0.4 is 9.47 Å².